The summed E-state index contributed by atoms with van der Waals surface area (Å²) in [4.78, 5) is 35.5. The third-order valence-electron chi connectivity index (χ3n) is 4.67. The standard InChI is InChI=1S/C18H26N6O3/c1-21(2)7-8-22(3)17(25)14-12-23(9-10-27-13-14)18(26)15-11-20-24-6-4-5-19-16(15)24/h4-6,11,14H,7-10,12-13H2,1-3H3. The summed E-state index contributed by atoms with van der Waals surface area (Å²) >= 11 is 0. The predicted molar refractivity (Wildman–Crippen MR) is 99.4 cm³/mol. The molecule has 1 aliphatic rings. The molecule has 3 heterocycles. The molecule has 0 saturated carbocycles. The molecule has 0 N–H and O–H groups in total. The summed E-state index contributed by atoms with van der Waals surface area (Å²) in [6.45, 7) is 2.91. The van der Waals surface area contributed by atoms with Crippen molar-refractivity contribution in [2.45, 2.75) is 0 Å². The average Bonchev–Trinajstić information content (AvgIpc) is 2.94. The molecule has 9 nitrogen and oxygen atoms in total. The second-order valence-corrected chi connectivity index (χ2v) is 7.03. The molecule has 1 saturated heterocycles. The van der Waals surface area contributed by atoms with Crippen LogP contribution in [0.1, 0.15) is 10.4 Å². The van der Waals surface area contributed by atoms with E-state index in [2.05, 4.69) is 10.1 Å². The van der Waals surface area contributed by atoms with Crippen molar-refractivity contribution in [3.63, 3.8) is 0 Å². The lowest BCUT2D eigenvalue weighted by atomic mass is 10.1. The highest BCUT2D eigenvalue weighted by Crippen LogP contribution is 2.16. The lowest BCUT2D eigenvalue weighted by Gasteiger charge is -2.27. The Bertz CT molecular complexity index is 805. The van der Waals surface area contributed by atoms with Gasteiger partial charge in [0.1, 0.15) is 5.56 Å². The molecule has 2 aromatic rings. The molecule has 0 aliphatic carbocycles. The zero-order valence-corrected chi connectivity index (χ0v) is 16.0. The second-order valence-electron chi connectivity index (χ2n) is 7.03. The van der Waals surface area contributed by atoms with Crippen LogP contribution >= 0.6 is 0 Å². The van der Waals surface area contributed by atoms with Gasteiger partial charge in [-0.15, -0.1) is 0 Å². The normalized spacial score (nSPS) is 17.9. The molecule has 0 radical (unpaired) electrons. The molecule has 27 heavy (non-hydrogen) atoms. The van der Waals surface area contributed by atoms with E-state index in [1.807, 2.05) is 19.0 Å². The van der Waals surface area contributed by atoms with E-state index in [0.717, 1.165) is 6.54 Å². The maximum atomic E-state index is 13.0. The molecule has 0 aromatic carbocycles. The van der Waals surface area contributed by atoms with E-state index in [9.17, 15) is 9.59 Å². The van der Waals surface area contributed by atoms with Crippen molar-refractivity contribution in [1.82, 2.24) is 29.3 Å². The Morgan fingerprint density at radius 1 is 1.30 bits per heavy atom. The van der Waals surface area contributed by atoms with Gasteiger partial charge in [-0.25, -0.2) is 9.50 Å². The molecule has 1 atom stereocenters. The van der Waals surface area contributed by atoms with Crippen LogP contribution in [0.2, 0.25) is 0 Å². The van der Waals surface area contributed by atoms with Gasteiger partial charge in [0, 0.05) is 45.6 Å². The van der Waals surface area contributed by atoms with Crippen LogP contribution in [0.5, 0.6) is 0 Å². The molecular formula is C18H26N6O3. The number of likely N-dealkylation sites (N-methyl/N-ethyl adjacent to an activating group) is 2. The Kier molecular flexibility index (Phi) is 6.02. The second kappa shape index (κ2) is 8.45. The van der Waals surface area contributed by atoms with Crippen molar-refractivity contribution in [3.05, 3.63) is 30.2 Å². The van der Waals surface area contributed by atoms with Gasteiger partial charge < -0.3 is 19.4 Å². The molecule has 146 valence electrons. The maximum absolute atomic E-state index is 13.0. The largest absolute Gasteiger partial charge is 0.379 e. The van der Waals surface area contributed by atoms with Crippen LogP contribution in [-0.4, -0.2) is 102 Å². The van der Waals surface area contributed by atoms with Gasteiger partial charge in [0.25, 0.3) is 5.91 Å². The van der Waals surface area contributed by atoms with Crippen LogP contribution < -0.4 is 0 Å². The van der Waals surface area contributed by atoms with Crippen molar-refractivity contribution in [2.24, 2.45) is 5.92 Å². The van der Waals surface area contributed by atoms with Gasteiger partial charge in [0.2, 0.25) is 5.91 Å². The van der Waals surface area contributed by atoms with Gasteiger partial charge in [-0.05, 0) is 20.2 Å². The highest BCUT2D eigenvalue weighted by molar-refractivity contribution is 5.99. The van der Waals surface area contributed by atoms with Crippen LogP contribution in [0.4, 0.5) is 0 Å². The number of hydrogen-bond acceptors (Lipinski definition) is 6. The van der Waals surface area contributed by atoms with E-state index in [1.165, 1.54) is 6.20 Å². The van der Waals surface area contributed by atoms with Crippen LogP contribution in [0, 0.1) is 5.92 Å². The van der Waals surface area contributed by atoms with Crippen LogP contribution in [0.15, 0.2) is 24.7 Å². The van der Waals surface area contributed by atoms with Gasteiger partial charge >= 0.3 is 0 Å². The Hall–Kier alpha value is -2.52. The monoisotopic (exact) mass is 374 g/mol. The lowest BCUT2D eigenvalue weighted by Crippen LogP contribution is -2.44. The topological polar surface area (TPSA) is 83.3 Å². The zero-order valence-electron chi connectivity index (χ0n) is 16.0. The molecular weight excluding hydrogens is 348 g/mol. The number of carbonyl (C=O) groups is 2. The molecule has 0 spiro atoms. The molecule has 2 aromatic heterocycles. The quantitative estimate of drug-likeness (QED) is 0.723. The Labute approximate surface area is 158 Å². The Balaban J connectivity index is 1.72. The molecule has 1 unspecified atom stereocenters. The predicted octanol–water partition coefficient (Wildman–Crippen LogP) is -0.162. The van der Waals surface area contributed by atoms with Gasteiger partial charge in [0.15, 0.2) is 5.65 Å². The summed E-state index contributed by atoms with van der Waals surface area (Å²) in [7, 11) is 5.73. The van der Waals surface area contributed by atoms with E-state index in [-0.39, 0.29) is 17.7 Å². The van der Waals surface area contributed by atoms with Gasteiger partial charge in [-0.1, -0.05) is 0 Å². The summed E-state index contributed by atoms with van der Waals surface area (Å²) in [5.74, 6) is -0.559. The lowest BCUT2D eigenvalue weighted by molar-refractivity contribution is -0.136. The summed E-state index contributed by atoms with van der Waals surface area (Å²) in [5, 5.41) is 4.18. The highest BCUT2D eigenvalue weighted by atomic mass is 16.5. The zero-order chi connectivity index (χ0) is 19.4. The number of nitrogens with zero attached hydrogens (tertiary/aromatic N) is 6. The minimum absolute atomic E-state index is 0.00506. The summed E-state index contributed by atoms with van der Waals surface area (Å²) in [6.07, 6.45) is 4.90. The first kappa shape index (κ1) is 19.2. The van der Waals surface area contributed by atoms with Gasteiger partial charge in [-0.2, -0.15) is 5.10 Å². The SMILES string of the molecule is CN(C)CCN(C)C(=O)C1COCCN(C(=O)c2cnn3cccnc23)C1. The highest BCUT2D eigenvalue weighted by Gasteiger charge is 2.31. The molecule has 3 rings (SSSR count). The van der Waals surface area contributed by atoms with Crippen molar-refractivity contribution < 1.29 is 14.3 Å². The van der Waals surface area contributed by atoms with Crippen molar-refractivity contribution in [3.8, 4) is 0 Å². The fraction of sp³-hybridized carbons (Fsp3) is 0.556. The van der Waals surface area contributed by atoms with Gasteiger partial charge in [0.05, 0.1) is 25.3 Å². The van der Waals surface area contributed by atoms with Crippen LogP contribution in [0.25, 0.3) is 5.65 Å². The summed E-state index contributed by atoms with van der Waals surface area (Å²) in [5.41, 5.74) is 0.948. The molecule has 0 bridgehead atoms. The molecule has 9 heteroatoms. The maximum Gasteiger partial charge on any atom is 0.259 e. The number of amides is 2. The fourth-order valence-corrected chi connectivity index (χ4v) is 3.06. The fourth-order valence-electron chi connectivity index (χ4n) is 3.06. The number of rotatable bonds is 5. The number of hydrogen-bond donors (Lipinski definition) is 0. The van der Waals surface area contributed by atoms with Crippen molar-refractivity contribution in [2.75, 3.05) is 60.5 Å². The van der Waals surface area contributed by atoms with Crippen LogP contribution in [-0.2, 0) is 9.53 Å². The molecule has 2 amide bonds. The first-order valence-electron chi connectivity index (χ1n) is 9.02. The van der Waals surface area contributed by atoms with E-state index < -0.39 is 0 Å². The minimum Gasteiger partial charge on any atom is -0.379 e. The number of fused-ring (bicyclic) bond motifs is 1. The van der Waals surface area contributed by atoms with E-state index >= 15 is 0 Å². The molecule has 1 fully saturated rings. The minimum atomic E-state index is -0.376. The summed E-state index contributed by atoms with van der Waals surface area (Å²) < 4.78 is 7.17. The Morgan fingerprint density at radius 3 is 2.89 bits per heavy atom. The smallest absolute Gasteiger partial charge is 0.259 e. The first-order chi connectivity index (χ1) is 13.0. The first-order valence-corrected chi connectivity index (χ1v) is 9.02. The van der Waals surface area contributed by atoms with Gasteiger partial charge in [-0.3, -0.25) is 9.59 Å². The number of ether oxygens (including phenoxy) is 1. The van der Waals surface area contributed by atoms with E-state index in [4.69, 9.17) is 4.74 Å². The third-order valence-corrected chi connectivity index (χ3v) is 4.67. The average molecular weight is 374 g/mol. The summed E-state index contributed by atoms with van der Waals surface area (Å²) in [6, 6.07) is 1.76. The van der Waals surface area contributed by atoms with E-state index in [0.29, 0.717) is 44.1 Å². The van der Waals surface area contributed by atoms with Crippen molar-refractivity contribution >= 4 is 17.5 Å². The number of carbonyl (C=O) groups excluding carboxylic acids is 2. The molecule has 1 aliphatic heterocycles. The third kappa shape index (κ3) is 4.42. The number of aromatic nitrogens is 3. The van der Waals surface area contributed by atoms with E-state index in [1.54, 1.807) is 39.8 Å². The Morgan fingerprint density at radius 2 is 2.11 bits per heavy atom. The van der Waals surface area contributed by atoms with Crippen molar-refractivity contribution in [1.29, 1.82) is 0 Å². The van der Waals surface area contributed by atoms with Crippen LogP contribution in [0.3, 0.4) is 0 Å².